The summed E-state index contributed by atoms with van der Waals surface area (Å²) >= 11 is 0. The number of aromatic nitrogens is 1. The highest BCUT2D eigenvalue weighted by atomic mass is 32.2. The molecule has 1 fully saturated rings. The quantitative estimate of drug-likeness (QED) is 0.425. The second-order valence-corrected chi connectivity index (χ2v) is 11.1. The third-order valence-corrected chi connectivity index (χ3v) is 8.46. The van der Waals surface area contributed by atoms with Gasteiger partial charge in [-0.25, -0.2) is 8.42 Å². The number of fused-ring (bicyclic) bond motifs is 2. The molecule has 0 aliphatic carbocycles. The molecule has 1 atom stereocenters. The lowest BCUT2D eigenvalue weighted by Crippen LogP contribution is -2.39. The van der Waals surface area contributed by atoms with E-state index < -0.39 is 10.0 Å². The molecule has 1 N–H and O–H groups in total. The molecule has 3 aromatic carbocycles. The number of para-hydroxylation sites is 2. The minimum Gasteiger partial charge on any atom is -0.331 e. The summed E-state index contributed by atoms with van der Waals surface area (Å²) in [5.41, 5.74) is 1.82. The van der Waals surface area contributed by atoms with Gasteiger partial charge in [0.2, 0.25) is 15.9 Å². The Bertz CT molecular complexity index is 1520. The molecule has 2 heterocycles. The number of amides is 1. The van der Waals surface area contributed by atoms with Gasteiger partial charge in [-0.3, -0.25) is 9.59 Å². The topological polar surface area (TPSA) is 88.5 Å². The van der Waals surface area contributed by atoms with E-state index in [1.807, 2.05) is 41.0 Å². The molecule has 1 aliphatic rings. The minimum atomic E-state index is -3.55. The van der Waals surface area contributed by atoms with Crippen LogP contribution in [-0.2, 0) is 21.4 Å². The molecule has 1 amide bonds. The molecule has 0 bridgehead atoms. The summed E-state index contributed by atoms with van der Waals surface area (Å²) in [6.07, 6.45) is 1.90. The van der Waals surface area contributed by atoms with Gasteiger partial charge in [0.05, 0.1) is 15.9 Å². The number of benzene rings is 3. The van der Waals surface area contributed by atoms with Gasteiger partial charge in [-0.1, -0.05) is 31.2 Å². The number of anilines is 1. The Hall–Kier alpha value is -3.49. The van der Waals surface area contributed by atoms with Crippen molar-refractivity contribution >= 4 is 43.4 Å². The van der Waals surface area contributed by atoms with E-state index in [0.29, 0.717) is 46.5 Å². The molecule has 0 spiro atoms. The van der Waals surface area contributed by atoms with Crippen molar-refractivity contribution in [3.05, 3.63) is 83.0 Å². The first-order chi connectivity index (χ1) is 16.8. The number of nitrogens with zero attached hydrogens (tertiary/aromatic N) is 2. The highest BCUT2D eigenvalue weighted by Crippen LogP contribution is 2.25. The maximum absolute atomic E-state index is 13.0. The van der Waals surface area contributed by atoms with E-state index in [1.165, 1.54) is 12.1 Å². The van der Waals surface area contributed by atoms with E-state index in [2.05, 4.69) is 12.2 Å². The molecule has 0 saturated carbocycles. The third kappa shape index (κ3) is 4.47. The van der Waals surface area contributed by atoms with Crippen molar-refractivity contribution in [3.63, 3.8) is 0 Å². The third-order valence-electron chi connectivity index (χ3n) is 6.58. The molecule has 1 aliphatic heterocycles. The van der Waals surface area contributed by atoms with Crippen LogP contribution in [0, 0.1) is 5.92 Å². The van der Waals surface area contributed by atoms with Gasteiger partial charge in [0, 0.05) is 29.5 Å². The molecule has 1 unspecified atom stereocenters. The summed E-state index contributed by atoms with van der Waals surface area (Å²) in [5, 5.41) is 3.97. The Morgan fingerprint density at radius 3 is 2.14 bits per heavy atom. The van der Waals surface area contributed by atoms with Crippen molar-refractivity contribution in [3.8, 4) is 0 Å². The van der Waals surface area contributed by atoms with Crippen LogP contribution in [0.15, 0.2) is 82.5 Å². The van der Waals surface area contributed by atoms with Crippen LogP contribution in [0.25, 0.3) is 21.8 Å². The first-order valence-corrected chi connectivity index (χ1v) is 13.2. The van der Waals surface area contributed by atoms with Crippen LogP contribution in [0.1, 0.15) is 19.8 Å². The van der Waals surface area contributed by atoms with Gasteiger partial charge in [-0.15, -0.1) is 0 Å². The zero-order chi connectivity index (χ0) is 24.6. The summed E-state index contributed by atoms with van der Waals surface area (Å²) in [5.74, 6) is 0.0712. The number of hydrogen-bond acceptors (Lipinski definition) is 4. The molecule has 1 saturated heterocycles. The van der Waals surface area contributed by atoms with E-state index >= 15 is 0 Å². The average molecular weight is 490 g/mol. The molecule has 35 heavy (non-hydrogen) atoms. The summed E-state index contributed by atoms with van der Waals surface area (Å²) in [6.45, 7) is 3.14. The van der Waals surface area contributed by atoms with Crippen molar-refractivity contribution < 1.29 is 13.2 Å². The van der Waals surface area contributed by atoms with E-state index in [0.717, 1.165) is 12.8 Å². The Labute approximate surface area is 204 Å². The lowest BCUT2D eigenvalue weighted by Gasteiger charge is -2.30. The Morgan fingerprint density at radius 2 is 1.54 bits per heavy atom. The molecular formula is C27H27N3O4S. The summed E-state index contributed by atoms with van der Waals surface area (Å²) < 4.78 is 29.4. The molecule has 5 rings (SSSR count). The average Bonchev–Trinajstić information content (AvgIpc) is 2.87. The van der Waals surface area contributed by atoms with Gasteiger partial charge in [0.25, 0.3) is 0 Å². The lowest BCUT2D eigenvalue weighted by atomic mass is 10.0. The maximum atomic E-state index is 13.0. The first kappa shape index (κ1) is 23.3. The number of hydrogen-bond donors (Lipinski definition) is 1. The van der Waals surface area contributed by atoms with Gasteiger partial charge in [0.1, 0.15) is 6.54 Å². The van der Waals surface area contributed by atoms with Gasteiger partial charge in [0.15, 0.2) is 5.43 Å². The second kappa shape index (κ2) is 9.28. The Morgan fingerprint density at radius 1 is 0.943 bits per heavy atom. The highest BCUT2D eigenvalue weighted by Gasteiger charge is 2.28. The fraction of sp³-hybridized carbons (Fsp3) is 0.259. The smallest absolute Gasteiger partial charge is 0.244 e. The normalized spacial score (nSPS) is 17.0. The number of rotatable bonds is 5. The van der Waals surface area contributed by atoms with Crippen LogP contribution in [0.2, 0.25) is 0 Å². The molecule has 0 radical (unpaired) electrons. The van der Waals surface area contributed by atoms with Gasteiger partial charge in [-0.05, 0) is 67.3 Å². The van der Waals surface area contributed by atoms with E-state index in [-0.39, 0.29) is 22.8 Å². The zero-order valence-electron chi connectivity index (χ0n) is 19.5. The van der Waals surface area contributed by atoms with E-state index in [1.54, 1.807) is 28.6 Å². The standard InChI is InChI=1S/C27H27N3O4S/c1-19-7-6-16-29(17-19)35(33,34)21-14-12-20(13-15-21)28-26(31)18-30-24-10-4-2-8-22(24)27(32)23-9-3-5-11-25(23)30/h2-5,8-15,19H,6-7,16-18H2,1H3,(H,28,31). The van der Waals surface area contributed by atoms with Crippen LogP contribution >= 0.6 is 0 Å². The van der Waals surface area contributed by atoms with Crippen molar-refractivity contribution in [2.45, 2.75) is 31.2 Å². The summed E-state index contributed by atoms with van der Waals surface area (Å²) in [7, 11) is -3.55. The van der Waals surface area contributed by atoms with Gasteiger partial charge in [-0.2, -0.15) is 4.31 Å². The second-order valence-electron chi connectivity index (χ2n) is 9.13. The molecule has 1 aromatic heterocycles. The van der Waals surface area contributed by atoms with E-state index in [4.69, 9.17) is 0 Å². The largest absolute Gasteiger partial charge is 0.331 e. The van der Waals surface area contributed by atoms with Crippen molar-refractivity contribution in [2.75, 3.05) is 18.4 Å². The number of carbonyl (C=O) groups is 1. The Balaban J connectivity index is 1.39. The zero-order valence-corrected chi connectivity index (χ0v) is 20.3. The van der Waals surface area contributed by atoms with Crippen LogP contribution in [-0.4, -0.2) is 36.3 Å². The van der Waals surface area contributed by atoms with Crippen LogP contribution < -0.4 is 10.7 Å². The predicted molar refractivity (Wildman–Crippen MR) is 138 cm³/mol. The highest BCUT2D eigenvalue weighted by molar-refractivity contribution is 7.89. The summed E-state index contributed by atoms with van der Waals surface area (Å²) in [6, 6.07) is 20.8. The molecule has 7 nitrogen and oxygen atoms in total. The number of pyridine rings is 1. The number of nitrogens with one attached hydrogen (secondary N) is 1. The van der Waals surface area contributed by atoms with Crippen LogP contribution in [0.5, 0.6) is 0 Å². The fourth-order valence-corrected chi connectivity index (χ4v) is 6.41. The number of piperidine rings is 1. The van der Waals surface area contributed by atoms with Gasteiger partial charge < -0.3 is 9.88 Å². The fourth-order valence-electron chi connectivity index (χ4n) is 4.82. The number of carbonyl (C=O) groups excluding carboxylic acids is 1. The molecule has 4 aromatic rings. The predicted octanol–water partition coefficient (Wildman–Crippen LogP) is 4.21. The van der Waals surface area contributed by atoms with Gasteiger partial charge >= 0.3 is 0 Å². The maximum Gasteiger partial charge on any atom is 0.244 e. The molecule has 8 heteroatoms. The first-order valence-electron chi connectivity index (χ1n) is 11.7. The van der Waals surface area contributed by atoms with Crippen LogP contribution in [0.4, 0.5) is 5.69 Å². The molecule has 180 valence electrons. The van der Waals surface area contributed by atoms with Crippen LogP contribution in [0.3, 0.4) is 0 Å². The van der Waals surface area contributed by atoms with Crippen molar-refractivity contribution in [1.82, 2.24) is 8.87 Å². The van der Waals surface area contributed by atoms with Crippen molar-refractivity contribution in [2.24, 2.45) is 5.92 Å². The van der Waals surface area contributed by atoms with Crippen molar-refractivity contribution in [1.29, 1.82) is 0 Å². The lowest BCUT2D eigenvalue weighted by molar-refractivity contribution is -0.116. The Kier molecular flexibility index (Phi) is 6.17. The minimum absolute atomic E-state index is 0.00697. The monoisotopic (exact) mass is 489 g/mol. The molecular weight excluding hydrogens is 462 g/mol. The van der Waals surface area contributed by atoms with E-state index in [9.17, 15) is 18.0 Å². The SMILES string of the molecule is CC1CCCN(S(=O)(=O)c2ccc(NC(=O)Cn3c4ccccc4c(=O)c4ccccc43)cc2)C1. The summed E-state index contributed by atoms with van der Waals surface area (Å²) in [4.78, 5) is 26.1. The number of sulfonamides is 1.